The standard InChI is InChI=1S/C13H12ClN3O/c14-12-8-16-5-4-11(12)13(18)17-7-9-2-1-3-10(15)6-9/h1-6,8H,7,15H2,(H,17,18). The first-order chi connectivity index (χ1) is 8.66. The van der Waals surface area contributed by atoms with Crippen molar-refractivity contribution < 1.29 is 4.79 Å². The Morgan fingerprint density at radius 2 is 2.22 bits per heavy atom. The first kappa shape index (κ1) is 12.4. The Morgan fingerprint density at radius 3 is 2.94 bits per heavy atom. The van der Waals surface area contributed by atoms with E-state index in [1.807, 2.05) is 18.2 Å². The number of hydrogen-bond acceptors (Lipinski definition) is 3. The van der Waals surface area contributed by atoms with Gasteiger partial charge in [0.25, 0.3) is 5.91 Å². The molecular weight excluding hydrogens is 250 g/mol. The van der Waals surface area contributed by atoms with Crippen molar-refractivity contribution in [1.82, 2.24) is 10.3 Å². The lowest BCUT2D eigenvalue weighted by atomic mass is 10.2. The van der Waals surface area contributed by atoms with Gasteiger partial charge in [-0.1, -0.05) is 23.7 Å². The van der Waals surface area contributed by atoms with Crippen molar-refractivity contribution in [3.05, 3.63) is 58.9 Å². The van der Waals surface area contributed by atoms with Gasteiger partial charge in [0.15, 0.2) is 0 Å². The van der Waals surface area contributed by atoms with Crippen LogP contribution < -0.4 is 11.1 Å². The minimum absolute atomic E-state index is 0.232. The van der Waals surface area contributed by atoms with E-state index in [-0.39, 0.29) is 5.91 Å². The smallest absolute Gasteiger partial charge is 0.253 e. The molecule has 3 N–H and O–H groups in total. The second kappa shape index (κ2) is 5.51. The summed E-state index contributed by atoms with van der Waals surface area (Å²) in [4.78, 5) is 15.7. The van der Waals surface area contributed by atoms with Crippen LogP contribution in [-0.4, -0.2) is 10.9 Å². The number of nitrogens with two attached hydrogens (primary N) is 1. The summed E-state index contributed by atoms with van der Waals surface area (Å²) in [7, 11) is 0. The van der Waals surface area contributed by atoms with Gasteiger partial charge in [-0.3, -0.25) is 9.78 Å². The fourth-order valence-corrected chi connectivity index (χ4v) is 1.75. The number of benzene rings is 1. The highest BCUT2D eigenvalue weighted by Gasteiger charge is 2.09. The van der Waals surface area contributed by atoms with Crippen LogP contribution in [0.3, 0.4) is 0 Å². The number of hydrogen-bond donors (Lipinski definition) is 2. The van der Waals surface area contributed by atoms with Crippen LogP contribution >= 0.6 is 11.6 Å². The molecule has 0 aliphatic rings. The van der Waals surface area contributed by atoms with Gasteiger partial charge < -0.3 is 11.1 Å². The van der Waals surface area contributed by atoms with Gasteiger partial charge in [-0.25, -0.2) is 0 Å². The molecule has 0 unspecified atom stereocenters. The Balaban J connectivity index is 2.03. The molecule has 5 heteroatoms. The van der Waals surface area contributed by atoms with Crippen LogP contribution in [0.5, 0.6) is 0 Å². The number of nitrogens with zero attached hydrogens (tertiary/aromatic N) is 1. The quantitative estimate of drug-likeness (QED) is 0.833. The minimum atomic E-state index is -0.232. The first-order valence-corrected chi connectivity index (χ1v) is 5.77. The van der Waals surface area contributed by atoms with Gasteiger partial charge in [-0.2, -0.15) is 0 Å². The molecule has 4 nitrogen and oxygen atoms in total. The SMILES string of the molecule is Nc1cccc(CNC(=O)c2ccncc2Cl)c1. The van der Waals surface area contributed by atoms with Crippen LogP contribution in [0.15, 0.2) is 42.7 Å². The van der Waals surface area contributed by atoms with Gasteiger partial charge >= 0.3 is 0 Å². The fourth-order valence-electron chi connectivity index (χ4n) is 1.54. The monoisotopic (exact) mass is 261 g/mol. The topological polar surface area (TPSA) is 68.0 Å². The van der Waals surface area contributed by atoms with Crippen molar-refractivity contribution >= 4 is 23.2 Å². The van der Waals surface area contributed by atoms with E-state index in [0.29, 0.717) is 22.8 Å². The molecule has 0 radical (unpaired) electrons. The van der Waals surface area contributed by atoms with Crippen molar-refractivity contribution in [1.29, 1.82) is 0 Å². The zero-order chi connectivity index (χ0) is 13.0. The largest absolute Gasteiger partial charge is 0.399 e. The van der Waals surface area contributed by atoms with Crippen molar-refractivity contribution in [3.63, 3.8) is 0 Å². The number of anilines is 1. The molecule has 1 aromatic carbocycles. The van der Waals surface area contributed by atoms with Crippen LogP contribution in [-0.2, 0) is 6.54 Å². The summed E-state index contributed by atoms with van der Waals surface area (Å²) in [5, 5.41) is 3.11. The highest BCUT2D eigenvalue weighted by molar-refractivity contribution is 6.33. The van der Waals surface area contributed by atoms with Crippen LogP contribution in [0.25, 0.3) is 0 Å². The van der Waals surface area contributed by atoms with E-state index in [9.17, 15) is 4.79 Å². The number of carbonyl (C=O) groups is 1. The predicted octanol–water partition coefficient (Wildman–Crippen LogP) is 2.25. The van der Waals surface area contributed by atoms with Crippen molar-refractivity contribution in [2.45, 2.75) is 6.54 Å². The Hall–Kier alpha value is -2.07. The molecule has 0 spiro atoms. The van der Waals surface area contributed by atoms with Crippen LogP contribution in [0, 0.1) is 0 Å². The van der Waals surface area contributed by atoms with Crippen LogP contribution in [0.4, 0.5) is 5.69 Å². The average molecular weight is 262 g/mol. The lowest BCUT2D eigenvalue weighted by molar-refractivity contribution is 0.0951. The molecule has 1 heterocycles. The zero-order valence-electron chi connectivity index (χ0n) is 9.56. The molecule has 2 aromatic rings. The third kappa shape index (κ3) is 2.99. The second-order valence-corrected chi connectivity index (χ2v) is 4.19. The number of rotatable bonds is 3. The summed E-state index contributed by atoms with van der Waals surface area (Å²) in [5.74, 6) is -0.232. The van der Waals surface area contributed by atoms with E-state index in [0.717, 1.165) is 5.56 Å². The molecule has 0 bridgehead atoms. The van der Waals surface area contributed by atoms with Gasteiger partial charge in [0.1, 0.15) is 0 Å². The first-order valence-electron chi connectivity index (χ1n) is 5.39. The summed E-state index contributed by atoms with van der Waals surface area (Å²) in [5.41, 5.74) is 7.68. The molecule has 0 atom stereocenters. The Bertz CT molecular complexity index is 572. The third-order valence-electron chi connectivity index (χ3n) is 2.42. The normalized spacial score (nSPS) is 10.1. The van der Waals surface area contributed by atoms with Crippen LogP contribution in [0.2, 0.25) is 5.02 Å². The number of halogens is 1. The van der Waals surface area contributed by atoms with Crippen LogP contribution in [0.1, 0.15) is 15.9 Å². The maximum atomic E-state index is 11.9. The number of aromatic nitrogens is 1. The maximum absolute atomic E-state index is 11.9. The lowest BCUT2D eigenvalue weighted by Gasteiger charge is -2.07. The third-order valence-corrected chi connectivity index (χ3v) is 2.72. The van der Waals surface area contributed by atoms with Gasteiger partial charge in [0.05, 0.1) is 10.6 Å². The molecule has 0 saturated heterocycles. The number of amides is 1. The molecule has 18 heavy (non-hydrogen) atoms. The second-order valence-electron chi connectivity index (χ2n) is 3.78. The fraction of sp³-hybridized carbons (Fsp3) is 0.0769. The lowest BCUT2D eigenvalue weighted by Crippen LogP contribution is -2.23. The number of pyridine rings is 1. The molecular formula is C13H12ClN3O. The minimum Gasteiger partial charge on any atom is -0.399 e. The highest BCUT2D eigenvalue weighted by Crippen LogP contribution is 2.13. The van der Waals surface area contributed by atoms with Crippen molar-refractivity contribution in [2.24, 2.45) is 0 Å². The van der Waals surface area contributed by atoms with Gasteiger partial charge in [0, 0.05) is 24.6 Å². The molecule has 0 saturated carbocycles. The summed E-state index contributed by atoms with van der Waals surface area (Å²) < 4.78 is 0. The summed E-state index contributed by atoms with van der Waals surface area (Å²) in [6.07, 6.45) is 2.97. The predicted molar refractivity (Wildman–Crippen MR) is 71.3 cm³/mol. The summed E-state index contributed by atoms with van der Waals surface area (Å²) in [6.45, 7) is 0.405. The zero-order valence-corrected chi connectivity index (χ0v) is 10.3. The van der Waals surface area contributed by atoms with E-state index < -0.39 is 0 Å². The average Bonchev–Trinajstić information content (AvgIpc) is 2.37. The van der Waals surface area contributed by atoms with E-state index in [1.165, 1.54) is 12.4 Å². The molecule has 0 aliphatic carbocycles. The van der Waals surface area contributed by atoms with E-state index in [1.54, 1.807) is 12.1 Å². The molecule has 92 valence electrons. The molecule has 0 aliphatic heterocycles. The number of nitrogens with one attached hydrogen (secondary N) is 1. The summed E-state index contributed by atoms with van der Waals surface area (Å²) in [6, 6.07) is 8.93. The van der Waals surface area contributed by atoms with Crippen molar-refractivity contribution in [3.8, 4) is 0 Å². The molecule has 0 fully saturated rings. The van der Waals surface area contributed by atoms with Gasteiger partial charge in [0.2, 0.25) is 0 Å². The van der Waals surface area contributed by atoms with Crippen molar-refractivity contribution in [2.75, 3.05) is 5.73 Å². The molecule has 2 rings (SSSR count). The van der Waals surface area contributed by atoms with E-state index >= 15 is 0 Å². The Labute approximate surface area is 110 Å². The Kier molecular flexibility index (Phi) is 3.79. The van der Waals surface area contributed by atoms with Gasteiger partial charge in [-0.05, 0) is 23.8 Å². The highest BCUT2D eigenvalue weighted by atomic mass is 35.5. The maximum Gasteiger partial charge on any atom is 0.253 e. The number of carbonyl (C=O) groups excluding carboxylic acids is 1. The summed E-state index contributed by atoms with van der Waals surface area (Å²) >= 11 is 5.88. The number of nitrogen functional groups attached to an aromatic ring is 1. The van der Waals surface area contributed by atoms with Gasteiger partial charge in [-0.15, -0.1) is 0 Å². The molecule has 1 aromatic heterocycles. The van der Waals surface area contributed by atoms with E-state index in [4.69, 9.17) is 17.3 Å². The van der Waals surface area contributed by atoms with E-state index in [2.05, 4.69) is 10.3 Å². The molecule has 1 amide bonds. The Morgan fingerprint density at radius 1 is 1.39 bits per heavy atom.